The van der Waals surface area contributed by atoms with Crippen molar-refractivity contribution in [3.05, 3.63) is 0 Å². The summed E-state index contributed by atoms with van der Waals surface area (Å²) in [5, 5.41) is 9.60. The molecule has 0 aliphatic rings. The van der Waals surface area contributed by atoms with Crippen LogP contribution in [0.15, 0.2) is 0 Å². The monoisotopic (exact) mass is 326 g/mol. The lowest BCUT2D eigenvalue weighted by Gasteiger charge is -2.37. The summed E-state index contributed by atoms with van der Waals surface area (Å²) in [5.74, 6) is -1.57. The highest BCUT2D eigenvalue weighted by Crippen LogP contribution is 2.42. The van der Waals surface area contributed by atoms with Gasteiger partial charge in [-0.15, -0.1) is 11.6 Å². The third-order valence-electron chi connectivity index (χ3n) is 1.83. The van der Waals surface area contributed by atoms with Gasteiger partial charge in [-0.05, 0) is 6.42 Å². The van der Waals surface area contributed by atoms with E-state index in [1.165, 1.54) is 0 Å². The van der Waals surface area contributed by atoms with Crippen LogP contribution in [-0.4, -0.2) is 43.3 Å². The molecule has 0 saturated carbocycles. The summed E-state index contributed by atoms with van der Waals surface area (Å²) in [6.07, 6.45) is -0.629. The zero-order chi connectivity index (χ0) is 13.9. The number of aliphatic carboxylic acids is 1. The van der Waals surface area contributed by atoms with Gasteiger partial charge in [0.15, 0.2) is 4.46 Å². The number of hydrogen-bond donors (Lipinski definition) is 2. The van der Waals surface area contributed by atoms with Crippen LogP contribution < -0.4 is 5.11 Å². The molecule has 0 amide bonds. The molecule has 0 aliphatic heterocycles. The van der Waals surface area contributed by atoms with Crippen molar-refractivity contribution in [3.63, 3.8) is 0 Å². The minimum atomic E-state index is -4.52. The lowest BCUT2D eigenvalue weighted by molar-refractivity contribution is -0.306. The summed E-state index contributed by atoms with van der Waals surface area (Å²) in [6.45, 7) is 0.813. The average Bonchev–Trinajstić information content (AvgIpc) is 2.12. The van der Waals surface area contributed by atoms with Gasteiger partial charge in [-0.3, -0.25) is 9.46 Å². The fraction of sp³-hybridized carbons (Fsp3) is 0.857. The number of alkyl halides is 3. The minimum Gasteiger partial charge on any atom is -0.549 e. The summed E-state index contributed by atoms with van der Waals surface area (Å²) < 4.78 is 8.95. The molecule has 0 bridgehead atoms. The Labute approximate surface area is 114 Å². The highest BCUT2D eigenvalue weighted by Gasteiger charge is 2.41. The molecule has 17 heavy (non-hydrogen) atoms. The Balaban J connectivity index is 5.02. The minimum absolute atomic E-state index is 0.291. The molecule has 0 fully saturated rings. The van der Waals surface area contributed by atoms with Crippen molar-refractivity contribution in [2.45, 2.75) is 23.2 Å². The van der Waals surface area contributed by atoms with E-state index in [0.29, 0.717) is 11.3 Å². The van der Waals surface area contributed by atoms with E-state index in [1.807, 2.05) is 0 Å². The topological polar surface area (TPSA) is 101 Å². The molecule has 0 spiro atoms. The average molecular weight is 328 g/mol. The molecule has 6 nitrogen and oxygen atoms in total. The van der Waals surface area contributed by atoms with Gasteiger partial charge in [-0.1, -0.05) is 30.1 Å². The molecule has 0 saturated heterocycles. The quantitative estimate of drug-likeness (QED) is 0.397. The molecule has 0 aliphatic carbocycles. The first-order valence-corrected chi connectivity index (χ1v) is 7.51. The SMILES string of the molecule is CCC(Cl)C(Cl)(Cl)N(CC(=O)[O-])CP(=O)(O)O. The second-order valence-electron chi connectivity index (χ2n) is 3.34. The fourth-order valence-electron chi connectivity index (χ4n) is 1.07. The molecule has 0 aromatic rings. The van der Waals surface area contributed by atoms with Gasteiger partial charge in [0.1, 0.15) is 6.29 Å². The van der Waals surface area contributed by atoms with Gasteiger partial charge in [0.25, 0.3) is 0 Å². The predicted molar refractivity (Wildman–Crippen MR) is 63.0 cm³/mol. The Morgan fingerprint density at radius 2 is 2.00 bits per heavy atom. The first-order valence-electron chi connectivity index (χ1n) is 4.52. The van der Waals surface area contributed by atoms with E-state index < -0.39 is 36.2 Å². The van der Waals surface area contributed by atoms with Crippen LogP contribution in [-0.2, 0) is 9.36 Å². The van der Waals surface area contributed by atoms with Gasteiger partial charge in [0.2, 0.25) is 0 Å². The zero-order valence-corrected chi connectivity index (χ0v) is 12.0. The molecule has 0 aromatic carbocycles. The predicted octanol–water partition coefficient (Wildman–Crippen LogP) is 0.322. The van der Waals surface area contributed by atoms with Gasteiger partial charge in [-0.25, -0.2) is 0 Å². The smallest absolute Gasteiger partial charge is 0.339 e. The van der Waals surface area contributed by atoms with Gasteiger partial charge in [0.05, 0.1) is 11.3 Å². The summed E-state index contributed by atoms with van der Waals surface area (Å²) >= 11 is 17.4. The summed E-state index contributed by atoms with van der Waals surface area (Å²) in [7, 11) is -4.52. The normalized spacial score (nSPS) is 15.0. The largest absolute Gasteiger partial charge is 0.549 e. The van der Waals surface area contributed by atoms with E-state index in [-0.39, 0.29) is 0 Å². The van der Waals surface area contributed by atoms with Crippen molar-refractivity contribution in [3.8, 4) is 0 Å². The van der Waals surface area contributed by atoms with Crippen LogP contribution in [0.1, 0.15) is 13.3 Å². The Hall–Kier alpha value is 0.450. The van der Waals surface area contributed by atoms with E-state index in [0.717, 1.165) is 0 Å². The van der Waals surface area contributed by atoms with Crippen molar-refractivity contribution >= 4 is 48.4 Å². The van der Waals surface area contributed by atoms with Crippen LogP contribution in [0.25, 0.3) is 0 Å². The van der Waals surface area contributed by atoms with Crippen LogP contribution in [0.3, 0.4) is 0 Å². The molecule has 1 atom stereocenters. The molecule has 0 aromatic heterocycles. The molecule has 0 radical (unpaired) electrons. The highest BCUT2D eigenvalue weighted by atomic mass is 35.5. The van der Waals surface area contributed by atoms with Gasteiger partial charge in [-0.2, -0.15) is 0 Å². The molecule has 0 heterocycles. The number of rotatable bonds is 7. The first-order chi connectivity index (χ1) is 7.50. The van der Waals surface area contributed by atoms with Gasteiger partial charge in [0, 0.05) is 6.54 Å². The maximum atomic E-state index is 10.9. The van der Waals surface area contributed by atoms with Crippen molar-refractivity contribution in [2.24, 2.45) is 0 Å². The Bertz CT molecular complexity index is 321. The van der Waals surface area contributed by atoms with Crippen LogP contribution >= 0.6 is 42.4 Å². The number of carbonyl (C=O) groups excluding carboxylic acids is 1. The summed E-state index contributed by atoms with van der Waals surface area (Å²) in [4.78, 5) is 28.8. The van der Waals surface area contributed by atoms with Crippen LogP contribution in [0, 0.1) is 0 Å². The second-order valence-corrected chi connectivity index (χ2v) is 6.82. The second kappa shape index (κ2) is 6.57. The van der Waals surface area contributed by atoms with Crippen LogP contribution in [0.2, 0.25) is 0 Å². The highest BCUT2D eigenvalue weighted by molar-refractivity contribution is 7.51. The van der Waals surface area contributed by atoms with Crippen molar-refractivity contribution < 1.29 is 24.3 Å². The fourth-order valence-corrected chi connectivity index (χ4v) is 2.69. The number of hydrogen-bond acceptors (Lipinski definition) is 4. The summed E-state index contributed by atoms with van der Waals surface area (Å²) in [6, 6.07) is 0. The molecular formula is C7H12Cl3NO5P-. The lowest BCUT2D eigenvalue weighted by Crippen LogP contribution is -2.51. The lowest BCUT2D eigenvalue weighted by atomic mass is 10.3. The number of nitrogens with zero attached hydrogens (tertiary/aromatic N) is 1. The van der Waals surface area contributed by atoms with Crippen LogP contribution in [0.5, 0.6) is 0 Å². The number of halogens is 3. The first kappa shape index (κ1) is 17.4. The molecule has 2 N–H and O–H groups in total. The molecule has 10 heteroatoms. The Kier molecular flexibility index (Phi) is 6.74. The van der Waals surface area contributed by atoms with Crippen molar-refractivity contribution in [1.29, 1.82) is 0 Å². The van der Waals surface area contributed by atoms with Crippen molar-refractivity contribution in [2.75, 3.05) is 12.8 Å². The van der Waals surface area contributed by atoms with Gasteiger partial charge >= 0.3 is 7.60 Å². The van der Waals surface area contributed by atoms with Crippen molar-refractivity contribution in [1.82, 2.24) is 4.90 Å². The third kappa shape index (κ3) is 6.25. The third-order valence-corrected chi connectivity index (χ3v) is 4.39. The van der Waals surface area contributed by atoms with E-state index in [1.54, 1.807) is 6.92 Å². The maximum Gasteiger partial charge on any atom is 0.339 e. The Morgan fingerprint density at radius 3 is 2.29 bits per heavy atom. The van der Waals surface area contributed by atoms with E-state index in [9.17, 15) is 14.5 Å². The maximum absolute atomic E-state index is 10.9. The zero-order valence-electron chi connectivity index (χ0n) is 8.85. The summed E-state index contributed by atoms with van der Waals surface area (Å²) in [5.41, 5.74) is 0. The molecule has 1 unspecified atom stereocenters. The van der Waals surface area contributed by atoms with E-state index >= 15 is 0 Å². The van der Waals surface area contributed by atoms with Crippen LogP contribution in [0.4, 0.5) is 0 Å². The number of carboxylic acid groups (broad SMARTS) is 1. The Morgan fingerprint density at radius 1 is 1.53 bits per heavy atom. The number of carboxylic acids is 1. The standard InChI is InChI=1S/C7H13Cl3NO5P/c1-2-5(8)7(9,10)11(3-6(12)13)4-17(14,15)16/h5H,2-4H2,1H3,(H,12,13)(H2,14,15,16)/p-1. The molecule has 102 valence electrons. The molecular weight excluding hydrogens is 315 g/mol. The van der Waals surface area contributed by atoms with E-state index in [2.05, 4.69) is 0 Å². The molecule has 0 rings (SSSR count). The van der Waals surface area contributed by atoms with Gasteiger partial charge < -0.3 is 19.7 Å². The number of carbonyl (C=O) groups is 1. The van der Waals surface area contributed by atoms with E-state index in [4.69, 9.17) is 44.6 Å².